The Morgan fingerprint density at radius 1 is 0.474 bits per heavy atom. The topological polar surface area (TPSA) is 42.9 Å². The van der Waals surface area contributed by atoms with Crippen molar-refractivity contribution in [2.24, 2.45) is 0 Å². The van der Waals surface area contributed by atoms with Gasteiger partial charge in [0, 0.05) is 40.7 Å². The van der Waals surface area contributed by atoms with E-state index < -0.39 is 7.14 Å². The third-order valence-corrected chi connectivity index (χ3v) is 10.3. The van der Waals surface area contributed by atoms with Crippen LogP contribution in [0, 0.1) is 0 Å². The Morgan fingerprint density at radius 2 is 1.11 bits per heavy atom. The van der Waals surface area contributed by atoms with E-state index in [9.17, 15) is 4.57 Å². The van der Waals surface area contributed by atoms with Crippen LogP contribution in [0.2, 0.25) is 0 Å². The second kappa shape index (κ2) is 9.06. The van der Waals surface area contributed by atoms with Crippen LogP contribution in [-0.2, 0) is 4.57 Å². The van der Waals surface area contributed by atoms with Crippen molar-refractivity contribution >= 4 is 55.4 Å². The van der Waals surface area contributed by atoms with Gasteiger partial charge in [-0.25, -0.2) is 0 Å². The van der Waals surface area contributed by atoms with Crippen molar-refractivity contribution < 1.29 is 4.57 Å². The third-order valence-electron chi connectivity index (χ3n) is 7.29. The molecule has 0 fully saturated rings. The molecular weight excluding hydrogens is 483 g/mol. The lowest BCUT2D eigenvalue weighted by atomic mass is 9.92. The van der Waals surface area contributed by atoms with E-state index >= 15 is 0 Å². The number of rotatable bonds is 4. The molecule has 7 rings (SSSR count). The van der Waals surface area contributed by atoms with Gasteiger partial charge in [0.15, 0.2) is 7.14 Å². The Bertz CT molecular complexity index is 1960. The highest BCUT2D eigenvalue weighted by Gasteiger charge is 2.30. The summed E-state index contributed by atoms with van der Waals surface area (Å²) in [6, 6.07) is 39.5. The molecule has 4 heteroatoms. The molecule has 0 N–H and O–H groups in total. The molecule has 0 spiro atoms. The van der Waals surface area contributed by atoms with E-state index in [4.69, 9.17) is 0 Å². The summed E-state index contributed by atoms with van der Waals surface area (Å²) in [6.07, 6.45) is 6.81. The monoisotopic (exact) mass is 506 g/mol. The minimum Gasteiger partial charge on any atom is -0.309 e. The summed E-state index contributed by atoms with van der Waals surface area (Å²) in [4.78, 5) is 8.53. The minimum atomic E-state index is -3.14. The van der Waals surface area contributed by atoms with E-state index in [1.165, 1.54) is 27.1 Å². The number of nitrogens with zero attached hydrogens (tertiary/aromatic N) is 2. The predicted molar refractivity (Wildman–Crippen MR) is 159 cm³/mol. The summed E-state index contributed by atoms with van der Waals surface area (Å²) in [5.41, 5.74) is 2.37. The summed E-state index contributed by atoms with van der Waals surface area (Å²) in [5, 5.41) is 9.30. The number of hydrogen-bond acceptors (Lipinski definition) is 3. The highest BCUT2D eigenvalue weighted by atomic mass is 31.2. The number of benzene rings is 5. The van der Waals surface area contributed by atoms with Crippen molar-refractivity contribution in [3.05, 3.63) is 140 Å². The van der Waals surface area contributed by atoms with Gasteiger partial charge in [0.25, 0.3) is 0 Å². The standard InChI is InChI=1S/C34H23N2OP/c37-38(29-8-5-17-35-22-29,30-9-6-18-36-23-30)28-16-15-24-19-27(14-13-25(24)20-28)34-21-26-7-1-2-10-31(26)32-11-3-4-12-33(32)34/h1-23H. The molecule has 0 bridgehead atoms. The number of aromatic nitrogens is 2. The van der Waals surface area contributed by atoms with Crippen molar-refractivity contribution in [3.8, 4) is 11.1 Å². The molecule has 0 unspecified atom stereocenters. The zero-order chi connectivity index (χ0) is 25.5. The largest absolute Gasteiger partial charge is 0.309 e. The zero-order valence-corrected chi connectivity index (χ0v) is 21.4. The van der Waals surface area contributed by atoms with Crippen LogP contribution >= 0.6 is 7.14 Å². The molecule has 0 radical (unpaired) electrons. The van der Waals surface area contributed by atoms with E-state index in [0.717, 1.165) is 21.6 Å². The first-order valence-electron chi connectivity index (χ1n) is 12.6. The van der Waals surface area contributed by atoms with Crippen molar-refractivity contribution in [2.45, 2.75) is 0 Å². The zero-order valence-electron chi connectivity index (χ0n) is 20.5. The van der Waals surface area contributed by atoms with Crippen LogP contribution in [0.1, 0.15) is 0 Å². The molecule has 2 aromatic heterocycles. The molecule has 0 atom stereocenters. The Kier molecular flexibility index (Phi) is 5.39. The highest BCUT2D eigenvalue weighted by Crippen LogP contribution is 2.43. The quantitative estimate of drug-likeness (QED) is 0.187. The van der Waals surface area contributed by atoms with Gasteiger partial charge in [-0.05, 0) is 85.9 Å². The van der Waals surface area contributed by atoms with Crippen LogP contribution in [0.4, 0.5) is 0 Å². The first kappa shape index (κ1) is 22.6. The van der Waals surface area contributed by atoms with Crippen LogP contribution in [0.15, 0.2) is 140 Å². The van der Waals surface area contributed by atoms with Gasteiger partial charge >= 0.3 is 0 Å². The van der Waals surface area contributed by atoms with E-state index in [1.54, 1.807) is 24.8 Å². The summed E-state index contributed by atoms with van der Waals surface area (Å²) in [5.74, 6) is 0. The van der Waals surface area contributed by atoms with Crippen LogP contribution < -0.4 is 15.9 Å². The van der Waals surface area contributed by atoms with Crippen molar-refractivity contribution in [2.75, 3.05) is 0 Å². The van der Waals surface area contributed by atoms with E-state index in [2.05, 4.69) is 94.9 Å². The molecule has 5 aromatic carbocycles. The van der Waals surface area contributed by atoms with Gasteiger partial charge in [-0.3, -0.25) is 9.97 Å². The number of hydrogen-bond donors (Lipinski definition) is 0. The van der Waals surface area contributed by atoms with Gasteiger partial charge in [-0.1, -0.05) is 72.8 Å². The maximum Gasteiger partial charge on any atom is 0.174 e. The summed E-state index contributed by atoms with van der Waals surface area (Å²) >= 11 is 0. The lowest BCUT2D eigenvalue weighted by molar-refractivity contribution is 0.592. The van der Waals surface area contributed by atoms with Crippen LogP contribution in [-0.4, -0.2) is 9.97 Å². The fraction of sp³-hybridized carbons (Fsp3) is 0. The minimum absolute atomic E-state index is 0.701. The number of pyridine rings is 2. The maximum atomic E-state index is 14.7. The van der Waals surface area contributed by atoms with Gasteiger partial charge in [0.05, 0.1) is 0 Å². The second-order valence-electron chi connectivity index (χ2n) is 9.47. The van der Waals surface area contributed by atoms with Gasteiger partial charge < -0.3 is 4.57 Å². The van der Waals surface area contributed by atoms with Gasteiger partial charge in [-0.2, -0.15) is 0 Å². The molecule has 7 aromatic rings. The van der Waals surface area contributed by atoms with Crippen LogP contribution in [0.5, 0.6) is 0 Å². The normalized spacial score (nSPS) is 11.8. The molecule has 0 saturated carbocycles. The average Bonchev–Trinajstić information content (AvgIpc) is 3.00. The lowest BCUT2D eigenvalue weighted by Crippen LogP contribution is -2.25. The third kappa shape index (κ3) is 3.63. The predicted octanol–water partition coefficient (Wildman–Crippen LogP) is 7.24. The molecule has 180 valence electrons. The summed E-state index contributed by atoms with van der Waals surface area (Å²) < 4.78 is 14.7. The lowest BCUT2D eigenvalue weighted by Gasteiger charge is -2.20. The first-order valence-corrected chi connectivity index (χ1v) is 14.3. The average molecular weight is 507 g/mol. The fourth-order valence-electron chi connectivity index (χ4n) is 5.42. The van der Waals surface area contributed by atoms with Gasteiger partial charge in [-0.15, -0.1) is 0 Å². The van der Waals surface area contributed by atoms with E-state index in [0.29, 0.717) is 10.6 Å². The Balaban J connectivity index is 1.40. The second-order valence-corrected chi connectivity index (χ2v) is 12.2. The molecule has 0 saturated heterocycles. The summed E-state index contributed by atoms with van der Waals surface area (Å²) in [6.45, 7) is 0. The molecule has 0 amide bonds. The maximum absolute atomic E-state index is 14.7. The van der Waals surface area contributed by atoms with Gasteiger partial charge in [0.2, 0.25) is 0 Å². The number of fused-ring (bicyclic) bond motifs is 4. The van der Waals surface area contributed by atoms with Gasteiger partial charge in [0.1, 0.15) is 0 Å². The smallest absolute Gasteiger partial charge is 0.174 e. The van der Waals surface area contributed by atoms with Crippen molar-refractivity contribution in [3.63, 3.8) is 0 Å². The SMILES string of the molecule is O=P(c1cccnc1)(c1cccnc1)c1ccc2cc(-c3cc4ccccc4c4ccccc34)ccc2c1. The molecular formula is C34H23N2OP. The van der Waals surface area contributed by atoms with Crippen molar-refractivity contribution in [1.29, 1.82) is 0 Å². The Hall–Kier alpha value is -4.59. The van der Waals surface area contributed by atoms with E-state index in [-0.39, 0.29) is 0 Å². The van der Waals surface area contributed by atoms with Crippen LogP contribution in [0.25, 0.3) is 43.4 Å². The molecule has 2 heterocycles. The molecule has 38 heavy (non-hydrogen) atoms. The van der Waals surface area contributed by atoms with Crippen LogP contribution in [0.3, 0.4) is 0 Å². The summed E-state index contributed by atoms with van der Waals surface area (Å²) in [7, 11) is -3.14. The molecule has 0 aliphatic heterocycles. The van der Waals surface area contributed by atoms with E-state index in [1.807, 2.05) is 30.3 Å². The van der Waals surface area contributed by atoms with Crippen molar-refractivity contribution in [1.82, 2.24) is 9.97 Å². The first-order chi connectivity index (χ1) is 18.7. The molecule has 0 aliphatic carbocycles. The Morgan fingerprint density at radius 3 is 1.82 bits per heavy atom. The molecule has 3 nitrogen and oxygen atoms in total. The molecule has 0 aliphatic rings. The highest BCUT2D eigenvalue weighted by molar-refractivity contribution is 7.85. The fourth-order valence-corrected chi connectivity index (χ4v) is 7.97. The Labute approximate surface area is 220 Å².